The second kappa shape index (κ2) is 7.08. The molecule has 4 nitrogen and oxygen atoms in total. The highest BCUT2D eigenvalue weighted by Crippen LogP contribution is 2.17. The largest absolute Gasteiger partial charge is 0.345 e. The molecule has 20 heavy (non-hydrogen) atoms. The zero-order chi connectivity index (χ0) is 14.4. The van der Waals surface area contributed by atoms with Crippen LogP contribution >= 0.6 is 0 Å². The number of carbonyl (C=O) groups is 2. The highest BCUT2D eigenvalue weighted by Gasteiger charge is 2.20. The van der Waals surface area contributed by atoms with Crippen molar-refractivity contribution in [1.82, 2.24) is 5.32 Å². The molecule has 2 amide bonds. The maximum absolute atomic E-state index is 11.8. The van der Waals surface area contributed by atoms with Crippen molar-refractivity contribution in [1.29, 1.82) is 0 Å². The lowest BCUT2D eigenvalue weighted by molar-refractivity contribution is -0.136. The Labute approximate surface area is 119 Å². The van der Waals surface area contributed by atoms with Gasteiger partial charge in [0.05, 0.1) is 0 Å². The molecule has 0 saturated heterocycles. The van der Waals surface area contributed by atoms with Crippen LogP contribution in [0.4, 0.5) is 5.69 Å². The molecule has 0 unspecified atom stereocenters. The average molecular weight is 274 g/mol. The van der Waals surface area contributed by atoms with Crippen molar-refractivity contribution in [3.05, 3.63) is 29.8 Å². The molecule has 1 fully saturated rings. The number of hydrogen-bond acceptors (Lipinski definition) is 2. The molecule has 2 rings (SSSR count). The Bertz CT molecular complexity index is 462. The molecule has 108 valence electrons. The van der Waals surface area contributed by atoms with E-state index >= 15 is 0 Å². The molecule has 0 heterocycles. The number of aryl methyl sites for hydroxylation is 1. The summed E-state index contributed by atoms with van der Waals surface area (Å²) < 4.78 is 0. The molecular weight excluding hydrogens is 252 g/mol. The quantitative estimate of drug-likeness (QED) is 0.832. The van der Waals surface area contributed by atoms with Crippen LogP contribution in [0.15, 0.2) is 24.3 Å². The van der Waals surface area contributed by atoms with E-state index < -0.39 is 11.8 Å². The van der Waals surface area contributed by atoms with Gasteiger partial charge in [-0.25, -0.2) is 0 Å². The van der Waals surface area contributed by atoms with Crippen LogP contribution in [0.25, 0.3) is 0 Å². The van der Waals surface area contributed by atoms with Crippen LogP contribution in [0.2, 0.25) is 0 Å². The molecule has 1 aliphatic carbocycles. The Morgan fingerprint density at radius 1 is 1.05 bits per heavy atom. The van der Waals surface area contributed by atoms with Gasteiger partial charge in [-0.2, -0.15) is 0 Å². The Balaban J connectivity index is 1.84. The van der Waals surface area contributed by atoms with Crippen molar-refractivity contribution in [2.45, 2.75) is 51.5 Å². The molecule has 0 spiro atoms. The topological polar surface area (TPSA) is 58.2 Å². The van der Waals surface area contributed by atoms with Crippen LogP contribution in [-0.2, 0) is 16.0 Å². The molecule has 1 aliphatic rings. The highest BCUT2D eigenvalue weighted by molar-refractivity contribution is 6.39. The van der Waals surface area contributed by atoms with Crippen molar-refractivity contribution in [2.24, 2.45) is 0 Å². The first-order valence-corrected chi connectivity index (χ1v) is 7.40. The van der Waals surface area contributed by atoms with Gasteiger partial charge in [-0.15, -0.1) is 0 Å². The normalized spacial score (nSPS) is 15.7. The molecule has 4 heteroatoms. The van der Waals surface area contributed by atoms with Crippen LogP contribution in [-0.4, -0.2) is 17.9 Å². The zero-order valence-electron chi connectivity index (χ0n) is 11.9. The minimum atomic E-state index is -0.583. The lowest BCUT2D eigenvalue weighted by Crippen LogP contribution is -2.42. The summed E-state index contributed by atoms with van der Waals surface area (Å²) in [4.78, 5) is 23.6. The number of nitrogens with one attached hydrogen (secondary N) is 2. The zero-order valence-corrected chi connectivity index (χ0v) is 11.9. The van der Waals surface area contributed by atoms with Gasteiger partial charge in [-0.1, -0.05) is 38.3 Å². The minimum Gasteiger partial charge on any atom is -0.345 e. The van der Waals surface area contributed by atoms with E-state index in [2.05, 4.69) is 17.6 Å². The molecule has 0 atom stereocenters. The smallest absolute Gasteiger partial charge is 0.313 e. The SMILES string of the molecule is CCc1ccc(NC(=O)C(=O)NC2CCCCC2)cc1. The van der Waals surface area contributed by atoms with Gasteiger partial charge in [0.25, 0.3) is 0 Å². The van der Waals surface area contributed by atoms with Gasteiger partial charge >= 0.3 is 11.8 Å². The maximum Gasteiger partial charge on any atom is 0.313 e. The van der Waals surface area contributed by atoms with Gasteiger partial charge < -0.3 is 10.6 Å². The van der Waals surface area contributed by atoms with Crippen molar-refractivity contribution in [2.75, 3.05) is 5.32 Å². The lowest BCUT2D eigenvalue weighted by atomic mass is 9.95. The van der Waals surface area contributed by atoms with Crippen LogP contribution < -0.4 is 10.6 Å². The van der Waals surface area contributed by atoms with Crippen molar-refractivity contribution >= 4 is 17.5 Å². The lowest BCUT2D eigenvalue weighted by Gasteiger charge is -2.22. The molecule has 1 aromatic rings. The van der Waals surface area contributed by atoms with E-state index in [1.807, 2.05) is 24.3 Å². The predicted molar refractivity (Wildman–Crippen MR) is 79.5 cm³/mol. The van der Waals surface area contributed by atoms with Gasteiger partial charge in [0.2, 0.25) is 0 Å². The first-order valence-electron chi connectivity index (χ1n) is 7.40. The maximum atomic E-state index is 11.8. The summed E-state index contributed by atoms with van der Waals surface area (Å²) in [6.07, 6.45) is 6.39. The third-order valence-corrected chi connectivity index (χ3v) is 3.77. The van der Waals surface area contributed by atoms with E-state index in [0.29, 0.717) is 5.69 Å². The fourth-order valence-electron chi connectivity index (χ4n) is 2.51. The molecule has 2 N–H and O–H groups in total. The first-order chi connectivity index (χ1) is 9.69. The molecule has 1 aromatic carbocycles. The van der Waals surface area contributed by atoms with Crippen LogP contribution in [0.5, 0.6) is 0 Å². The summed E-state index contributed by atoms with van der Waals surface area (Å²) in [5, 5.41) is 5.44. The third-order valence-electron chi connectivity index (χ3n) is 3.77. The van der Waals surface area contributed by atoms with E-state index in [-0.39, 0.29) is 6.04 Å². The highest BCUT2D eigenvalue weighted by atomic mass is 16.2. The summed E-state index contributed by atoms with van der Waals surface area (Å²) >= 11 is 0. The van der Waals surface area contributed by atoms with E-state index in [1.165, 1.54) is 12.0 Å². The number of rotatable bonds is 3. The van der Waals surface area contributed by atoms with E-state index in [4.69, 9.17) is 0 Å². The van der Waals surface area contributed by atoms with E-state index in [1.54, 1.807) is 0 Å². The molecule has 0 aliphatic heterocycles. The van der Waals surface area contributed by atoms with Gasteiger partial charge in [0.1, 0.15) is 0 Å². The van der Waals surface area contributed by atoms with Crippen LogP contribution in [0, 0.1) is 0 Å². The second-order valence-corrected chi connectivity index (χ2v) is 5.31. The second-order valence-electron chi connectivity index (χ2n) is 5.31. The van der Waals surface area contributed by atoms with Crippen molar-refractivity contribution < 1.29 is 9.59 Å². The standard InChI is InChI=1S/C16H22N2O2/c1-2-12-8-10-14(11-9-12)18-16(20)15(19)17-13-6-4-3-5-7-13/h8-11,13H,2-7H2,1H3,(H,17,19)(H,18,20). The molecule has 0 aromatic heterocycles. The summed E-state index contributed by atoms with van der Waals surface area (Å²) in [6, 6.07) is 7.71. The Morgan fingerprint density at radius 2 is 1.70 bits per heavy atom. The van der Waals surface area contributed by atoms with Crippen molar-refractivity contribution in [3.63, 3.8) is 0 Å². The van der Waals surface area contributed by atoms with Gasteiger partial charge in [-0.3, -0.25) is 9.59 Å². The van der Waals surface area contributed by atoms with Gasteiger partial charge in [0.15, 0.2) is 0 Å². The average Bonchev–Trinajstić information content (AvgIpc) is 2.49. The fourth-order valence-corrected chi connectivity index (χ4v) is 2.51. The number of anilines is 1. The summed E-state index contributed by atoms with van der Waals surface area (Å²) in [7, 11) is 0. The minimum absolute atomic E-state index is 0.157. The monoisotopic (exact) mass is 274 g/mol. The van der Waals surface area contributed by atoms with Crippen LogP contribution in [0.1, 0.15) is 44.6 Å². The van der Waals surface area contributed by atoms with Gasteiger partial charge in [-0.05, 0) is 37.0 Å². The van der Waals surface area contributed by atoms with Crippen molar-refractivity contribution in [3.8, 4) is 0 Å². The van der Waals surface area contributed by atoms with Gasteiger partial charge in [0, 0.05) is 11.7 Å². The third kappa shape index (κ3) is 4.08. The Morgan fingerprint density at radius 3 is 2.30 bits per heavy atom. The number of carbonyl (C=O) groups excluding carboxylic acids is 2. The molecule has 1 saturated carbocycles. The van der Waals surface area contributed by atoms with Crippen LogP contribution in [0.3, 0.4) is 0 Å². The molecule has 0 bridgehead atoms. The van der Waals surface area contributed by atoms with E-state index in [9.17, 15) is 9.59 Å². The Kier molecular flexibility index (Phi) is 5.16. The summed E-state index contributed by atoms with van der Waals surface area (Å²) in [6.45, 7) is 2.07. The van der Waals surface area contributed by atoms with E-state index in [0.717, 1.165) is 32.1 Å². The molecular formula is C16H22N2O2. The number of hydrogen-bond donors (Lipinski definition) is 2. The number of amides is 2. The molecule has 0 radical (unpaired) electrons. The summed E-state index contributed by atoms with van der Waals surface area (Å²) in [5.74, 6) is -1.11. The Hall–Kier alpha value is -1.84. The first kappa shape index (κ1) is 14.6. The fraction of sp³-hybridized carbons (Fsp3) is 0.500. The number of benzene rings is 1. The summed E-state index contributed by atoms with van der Waals surface area (Å²) in [5.41, 5.74) is 1.86. The predicted octanol–water partition coefficient (Wildman–Crippen LogP) is 2.64.